The van der Waals surface area contributed by atoms with Crippen LogP contribution in [-0.4, -0.2) is 34.4 Å². The second-order valence-corrected chi connectivity index (χ2v) is 8.24. The van der Waals surface area contributed by atoms with Crippen LogP contribution in [0, 0.1) is 0 Å². The molecule has 0 aliphatic carbocycles. The van der Waals surface area contributed by atoms with Crippen molar-refractivity contribution >= 4 is 14.6 Å². The highest BCUT2D eigenvalue weighted by Gasteiger charge is 2.68. The van der Waals surface area contributed by atoms with Gasteiger partial charge in [-0.3, -0.25) is 4.79 Å². The number of halogens is 1. The lowest BCUT2D eigenvalue weighted by Gasteiger charge is -2.39. The van der Waals surface area contributed by atoms with Crippen LogP contribution < -0.4 is 0 Å². The standard InChI is InChI=1S/C20H25FO4Si/c1-4-23-26(24-5-2,25-6-3)20(21,18-15-11-8-12-16-18)19(22)17-13-9-7-10-14-17/h7-16H,4-6H2,1-3H3. The third-order valence-corrected chi connectivity index (χ3v) is 7.31. The molecule has 0 aliphatic rings. The third kappa shape index (κ3) is 3.78. The van der Waals surface area contributed by atoms with Gasteiger partial charge in [-0.25, -0.2) is 4.39 Å². The fourth-order valence-corrected chi connectivity index (χ4v) is 5.83. The van der Waals surface area contributed by atoms with Gasteiger partial charge in [0.25, 0.3) is 5.29 Å². The predicted molar refractivity (Wildman–Crippen MR) is 101 cm³/mol. The maximum Gasteiger partial charge on any atom is 0.553 e. The van der Waals surface area contributed by atoms with Gasteiger partial charge in [0.2, 0.25) is 5.78 Å². The highest BCUT2D eigenvalue weighted by Crippen LogP contribution is 2.41. The van der Waals surface area contributed by atoms with E-state index in [-0.39, 0.29) is 30.9 Å². The summed E-state index contributed by atoms with van der Waals surface area (Å²) in [6, 6.07) is 16.6. The molecule has 140 valence electrons. The second-order valence-electron chi connectivity index (χ2n) is 5.57. The maximum absolute atomic E-state index is 16.8. The van der Waals surface area contributed by atoms with E-state index in [0.29, 0.717) is 0 Å². The van der Waals surface area contributed by atoms with Crippen LogP contribution in [0.2, 0.25) is 0 Å². The number of hydrogen-bond acceptors (Lipinski definition) is 4. The predicted octanol–water partition coefficient (Wildman–Crippen LogP) is 4.32. The molecule has 2 aromatic carbocycles. The van der Waals surface area contributed by atoms with Gasteiger partial charge in [-0.2, -0.15) is 0 Å². The molecular weight excluding hydrogens is 351 g/mol. The van der Waals surface area contributed by atoms with E-state index < -0.39 is 19.9 Å². The minimum atomic E-state index is -4.05. The zero-order valence-electron chi connectivity index (χ0n) is 15.4. The number of Topliss-reactive ketones (excluding diaryl/α,β-unsaturated/α-hetero) is 1. The van der Waals surface area contributed by atoms with Gasteiger partial charge < -0.3 is 13.3 Å². The zero-order valence-corrected chi connectivity index (χ0v) is 16.4. The number of carbonyl (C=O) groups excluding carboxylic acids is 1. The lowest BCUT2D eigenvalue weighted by Crippen LogP contribution is -2.64. The van der Waals surface area contributed by atoms with Gasteiger partial charge in [0.1, 0.15) is 0 Å². The Balaban J connectivity index is 2.71. The Kier molecular flexibility index (Phi) is 7.22. The number of rotatable bonds is 10. The minimum Gasteiger partial charge on any atom is -0.371 e. The molecule has 4 nitrogen and oxygen atoms in total. The first-order valence-corrected chi connectivity index (χ1v) is 10.5. The molecule has 0 aromatic heterocycles. The Bertz CT molecular complexity index is 678. The average Bonchev–Trinajstić information content (AvgIpc) is 2.68. The summed E-state index contributed by atoms with van der Waals surface area (Å²) in [5, 5.41) is -2.54. The Hall–Kier alpha value is -1.86. The SMILES string of the molecule is CCO[Si](OCC)(OCC)C(F)(C(=O)c1ccccc1)c1ccccc1. The zero-order chi connectivity index (χ0) is 19.0. The summed E-state index contributed by atoms with van der Waals surface area (Å²) in [4.78, 5) is 13.4. The number of ketones is 1. The summed E-state index contributed by atoms with van der Waals surface area (Å²) in [5.41, 5.74) is 0.422. The van der Waals surface area contributed by atoms with Crippen LogP contribution in [0.4, 0.5) is 4.39 Å². The summed E-state index contributed by atoms with van der Waals surface area (Å²) in [6.07, 6.45) is 0. The van der Waals surface area contributed by atoms with Crippen molar-refractivity contribution in [1.29, 1.82) is 0 Å². The summed E-state index contributed by atoms with van der Waals surface area (Å²) < 4.78 is 34.1. The highest BCUT2D eigenvalue weighted by atomic mass is 28.4. The molecule has 0 amide bonds. The van der Waals surface area contributed by atoms with Gasteiger partial charge in [0.05, 0.1) is 0 Å². The topological polar surface area (TPSA) is 44.8 Å². The fraction of sp³-hybridized carbons (Fsp3) is 0.350. The van der Waals surface area contributed by atoms with E-state index in [2.05, 4.69) is 0 Å². The van der Waals surface area contributed by atoms with E-state index in [1.807, 2.05) is 0 Å². The van der Waals surface area contributed by atoms with Crippen molar-refractivity contribution in [3.8, 4) is 0 Å². The smallest absolute Gasteiger partial charge is 0.371 e. The van der Waals surface area contributed by atoms with E-state index in [1.54, 1.807) is 81.4 Å². The first-order valence-electron chi connectivity index (χ1n) is 8.81. The van der Waals surface area contributed by atoms with Crippen molar-refractivity contribution in [3.63, 3.8) is 0 Å². The molecule has 0 N–H and O–H groups in total. The van der Waals surface area contributed by atoms with Gasteiger partial charge in [-0.1, -0.05) is 60.7 Å². The van der Waals surface area contributed by atoms with Crippen LogP contribution in [0.3, 0.4) is 0 Å². The molecule has 0 aliphatic heterocycles. The first kappa shape index (κ1) is 20.4. The van der Waals surface area contributed by atoms with Crippen LogP contribution >= 0.6 is 0 Å². The van der Waals surface area contributed by atoms with Crippen LogP contribution in [0.5, 0.6) is 0 Å². The number of carbonyl (C=O) groups is 1. The molecule has 6 heteroatoms. The van der Waals surface area contributed by atoms with Gasteiger partial charge in [-0.05, 0) is 20.8 Å². The van der Waals surface area contributed by atoms with Crippen molar-refractivity contribution in [3.05, 3.63) is 71.8 Å². The van der Waals surface area contributed by atoms with Crippen LogP contribution in [0.1, 0.15) is 36.7 Å². The van der Waals surface area contributed by atoms with E-state index in [1.165, 1.54) is 0 Å². The monoisotopic (exact) mass is 376 g/mol. The van der Waals surface area contributed by atoms with Crippen LogP contribution in [-0.2, 0) is 18.6 Å². The molecule has 0 saturated carbocycles. The van der Waals surface area contributed by atoms with Crippen LogP contribution in [0.15, 0.2) is 60.7 Å². The normalized spacial score (nSPS) is 14.0. The van der Waals surface area contributed by atoms with Crippen LogP contribution in [0.25, 0.3) is 0 Å². The van der Waals surface area contributed by atoms with Gasteiger partial charge in [0.15, 0.2) is 0 Å². The lowest BCUT2D eigenvalue weighted by atomic mass is 10.0. The molecule has 0 spiro atoms. The third-order valence-electron chi connectivity index (χ3n) is 3.95. The van der Waals surface area contributed by atoms with Gasteiger partial charge in [-0.15, -0.1) is 0 Å². The first-order chi connectivity index (χ1) is 12.6. The largest absolute Gasteiger partial charge is 0.553 e. The van der Waals surface area contributed by atoms with E-state index >= 15 is 4.39 Å². The number of hydrogen-bond donors (Lipinski definition) is 0. The summed E-state index contributed by atoms with van der Waals surface area (Å²) >= 11 is 0. The molecule has 0 saturated heterocycles. The van der Waals surface area contributed by atoms with Gasteiger partial charge >= 0.3 is 8.80 Å². The second kappa shape index (κ2) is 9.18. The number of alkyl halides is 1. The molecule has 0 bridgehead atoms. The van der Waals surface area contributed by atoms with Crippen molar-refractivity contribution in [2.75, 3.05) is 19.8 Å². The molecule has 0 fully saturated rings. The highest BCUT2D eigenvalue weighted by molar-refractivity contribution is 6.68. The Morgan fingerprint density at radius 3 is 1.69 bits per heavy atom. The van der Waals surface area contributed by atoms with Crippen molar-refractivity contribution < 1.29 is 22.5 Å². The van der Waals surface area contributed by atoms with E-state index in [9.17, 15) is 4.79 Å². The van der Waals surface area contributed by atoms with Gasteiger partial charge in [0, 0.05) is 30.9 Å². The average molecular weight is 376 g/mol. The number of benzene rings is 2. The van der Waals surface area contributed by atoms with E-state index in [0.717, 1.165) is 0 Å². The van der Waals surface area contributed by atoms with Crippen molar-refractivity contribution in [1.82, 2.24) is 0 Å². The molecule has 1 unspecified atom stereocenters. The minimum absolute atomic E-state index is 0.173. The Morgan fingerprint density at radius 1 is 0.846 bits per heavy atom. The molecular formula is C20H25FO4Si. The molecule has 0 heterocycles. The lowest BCUT2D eigenvalue weighted by molar-refractivity contribution is 0.0114. The van der Waals surface area contributed by atoms with Crippen molar-refractivity contribution in [2.45, 2.75) is 26.1 Å². The summed E-state index contributed by atoms with van der Waals surface area (Å²) in [5.74, 6) is -0.716. The Labute approximate surface area is 155 Å². The van der Waals surface area contributed by atoms with Crippen molar-refractivity contribution in [2.24, 2.45) is 0 Å². The molecule has 0 radical (unpaired) electrons. The molecule has 2 aromatic rings. The van der Waals surface area contributed by atoms with E-state index in [4.69, 9.17) is 13.3 Å². The summed E-state index contributed by atoms with van der Waals surface area (Å²) in [6.45, 7) is 5.72. The molecule has 1 atom stereocenters. The molecule has 2 rings (SSSR count). The Morgan fingerprint density at radius 2 is 1.27 bits per heavy atom. The fourth-order valence-electron chi connectivity index (χ4n) is 2.90. The summed E-state index contributed by atoms with van der Waals surface area (Å²) in [7, 11) is -4.05. The molecule has 26 heavy (non-hydrogen) atoms. The maximum atomic E-state index is 16.8. The quantitative estimate of drug-likeness (QED) is 0.457.